The van der Waals surface area contributed by atoms with Gasteiger partial charge in [-0.15, -0.1) is 0 Å². The number of nitrogens with zero attached hydrogens (tertiary/aromatic N) is 1. The highest BCUT2D eigenvalue weighted by Crippen LogP contribution is 2.16. The van der Waals surface area contributed by atoms with Gasteiger partial charge in [0.05, 0.1) is 11.7 Å². The third kappa shape index (κ3) is 1.53. The molecule has 3 nitrogen and oxygen atoms in total. The van der Waals surface area contributed by atoms with E-state index in [2.05, 4.69) is 9.80 Å². The van der Waals surface area contributed by atoms with Crippen LogP contribution in [0, 0.1) is 6.92 Å². The standard InChI is InChI=1S/C6H11N3S/c1-4-3-6(10-9-4)5(2)8-7/h3,5,8H,7H2,1-2H3. The van der Waals surface area contributed by atoms with Gasteiger partial charge in [0.2, 0.25) is 0 Å². The first-order chi connectivity index (χ1) is 4.74. The number of aryl methyl sites for hydroxylation is 1. The first kappa shape index (κ1) is 7.65. The van der Waals surface area contributed by atoms with Crippen LogP contribution in [0.3, 0.4) is 0 Å². The van der Waals surface area contributed by atoms with Crippen LogP contribution < -0.4 is 11.3 Å². The fourth-order valence-electron chi connectivity index (χ4n) is 0.669. The van der Waals surface area contributed by atoms with Crippen molar-refractivity contribution >= 4 is 11.5 Å². The molecule has 0 saturated heterocycles. The van der Waals surface area contributed by atoms with Gasteiger partial charge < -0.3 is 0 Å². The minimum absolute atomic E-state index is 0.214. The third-order valence-electron chi connectivity index (χ3n) is 1.32. The molecule has 0 fully saturated rings. The second kappa shape index (κ2) is 3.09. The van der Waals surface area contributed by atoms with Crippen molar-refractivity contribution in [2.75, 3.05) is 0 Å². The molecule has 56 valence electrons. The maximum atomic E-state index is 5.24. The Balaban J connectivity index is 2.74. The predicted octanol–water partition coefficient (Wildman–Crippen LogP) is 0.976. The van der Waals surface area contributed by atoms with Crippen LogP contribution in [0.5, 0.6) is 0 Å². The van der Waals surface area contributed by atoms with Crippen molar-refractivity contribution in [3.8, 4) is 0 Å². The molecule has 1 aromatic rings. The first-order valence-electron chi connectivity index (χ1n) is 3.13. The quantitative estimate of drug-likeness (QED) is 0.497. The number of nitrogens with one attached hydrogen (secondary N) is 1. The lowest BCUT2D eigenvalue weighted by Crippen LogP contribution is -2.24. The van der Waals surface area contributed by atoms with E-state index in [4.69, 9.17) is 5.84 Å². The van der Waals surface area contributed by atoms with E-state index in [1.54, 1.807) is 0 Å². The van der Waals surface area contributed by atoms with E-state index in [0.29, 0.717) is 0 Å². The number of nitrogens with two attached hydrogens (primary N) is 1. The molecule has 0 amide bonds. The van der Waals surface area contributed by atoms with Crippen molar-refractivity contribution in [1.82, 2.24) is 9.80 Å². The summed E-state index contributed by atoms with van der Waals surface area (Å²) in [5, 5.41) is 0. The molecular formula is C6H11N3S. The molecule has 0 radical (unpaired) electrons. The molecule has 0 aliphatic carbocycles. The van der Waals surface area contributed by atoms with Crippen molar-refractivity contribution in [2.24, 2.45) is 5.84 Å². The monoisotopic (exact) mass is 157 g/mol. The van der Waals surface area contributed by atoms with Crippen LogP contribution >= 0.6 is 11.5 Å². The number of hydrogen-bond acceptors (Lipinski definition) is 4. The van der Waals surface area contributed by atoms with Gasteiger partial charge in [-0.3, -0.25) is 11.3 Å². The molecule has 0 aromatic carbocycles. The van der Waals surface area contributed by atoms with Crippen molar-refractivity contribution in [3.05, 3.63) is 16.6 Å². The Labute approximate surface area is 64.4 Å². The van der Waals surface area contributed by atoms with E-state index in [1.165, 1.54) is 16.4 Å². The van der Waals surface area contributed by atoms with Gasteiger partial charge in [0.1, 0.15) is 0 Å². The van der Waals surface area contributed by atoms with Crippen molar-refractivity contribution in [1.29, 1.82) is 0 Å². The molecule has 3 N–H and O–H groups in total. The molecule has 0 bridgehead atoms. The van der Waals surface area contributed by atoms with Crippen LogP contribution in [0.25, 0.3) is 0 Å². The molecule has 1 aromatic heterocycles. The summed E-state index contributed by atoms with van der Waals surface area (Å²) in [5.74, 6) is 5.24. The average Bonchev–Trinajstić information content (AvgIpc) is 2.34. The van der Waals surface area contributed by atoms with Crippen LogP contribution in [-0.2, 0) is 0 Å². The van der Waals surface area contributed by atoms with Crippen LogP contribution in [0.4, 0.5) is 0 Å². The second-order valence-electron chi connectivity index (χ2n) is 2.26. The van der Waals surface area contributed by atoms with Crippen LogP contribution in [0.15, 0.2) is 6.07 Å². The number of hydrazine groups is 1. The molecule has 1 rings (SSSR count). The molecule has 10 heavy (non-hydrogen) atoms. The van der Waals surface area contributed by atoms with Gasteiger partial charge in [-0.25, -0.2) is 0 Å². The topological polar surface area (TPSA) is 50.9 Å². The smallest absolute Gasteiger partial charge is 0.0541 e. The largest absolute Gasteiger partial charge is 0.271 e. The Morgan fingerprint density at radius 2 is 2.50 bits per heavy atom. The minimum Gasteiger partial charge on any atom is -0.271 e. The molecule has 0 saturated carbocycles. The van der Waals surface area contributed by atoms with Gasteiger partial charge >= 0.3 is 0 Å². The van der Waals surface area contributed by atoms with Gasteiger partial charge in [0.25, 0.3) is 0 Å². The molecule has 1 heterocycles. The summed E-state index contributed by atoms with van der Waals surface area (Å²) in [7, 11) is 0. The van der Waals surface area contributed by atoms with Gasteiger partial charge in [0, 0.05) is 4.88 Å². The Morgan fingerprint density at radius 3 is 2.90 bits per heavy atom. The van der Waals surface area contributed by atoms with Crippen molar-refractivity contribution in [3.63, 3.8) is 0 Å². The Kier molecular flexibility index (Phi) is 2.37. The van der Waals surface area contributed by atoms with Crippen LogP contribution in [0.2, 0.25) is 0 Å². The molecule has 1 atom stereocenters. The summed E-state index contributed by atoms with van der Waals surface area (Å²) < 4.78 is 4.13. The van der Waals surface area contributed by atoms with Crippen molar-refractivity contribution in [2.45, 2.75) is 19.9 Å². The molecular weight excluding hydrogens is 146 g/mol. The summed E-state index contributed by atoms with van der Waals surface area (Å²) in [4.78, 5) is 1.18. The summed E-state index contributed by atoms with van der Waals surface area (Å²) >= 11 is 1.49. The first-order valence-corrected chi connectivity index (χ1v) is 3.90. The summed E-state index contributed by atoms with van der Waals surface area (Å²) in [6.45, 7) is 3.98. The SMILES string of the molecule is Cc1cc(C(C)NN)sn1. The number of rotatable bonds is 2. The summed E-state index contributed by atoms with van der Waals surface area (Å²) in [6, 6.07) is 2.25. The van der Waals surface area contributed by atoms with Crippen LogP contribution in [-0.4, -0.2) is 4.37 Å². The highest BCUT2D eigenvalue weighted by Gasteiger charge is 2.04. The van der Waals surface area contributed by atoms with E-state index in [-0.39, 0.29) is 6.04 Å². The van der Waals surface area contributed by atoms with E-state index in [9.17, 15) is 0 Å². The number of aromatic nitrogens is 1. The third-order valence-corrected chi connectivity index (χ3v) is 2.38. The normalized spacial score (nSPS) is 13.5. The van der Waals surface area contributed by atoms with E-state index in [1.807, 2.05) is 19.9 Å². The molecule has 1 unspecified atom stereocenters. The highest BCUT2D eigenvalue weighted by atomic mass is 32.1. The van der Waals surface area contributed by atoms with E-state index >= 15 is 0 Å². The Hall–Kier alpha value is -0.450. The minimum atomic E-state index is 0.214. The maximum Gasteiger partial charge on any atom is 0.0541 e. The van der Waals surface area contributed by atoms with Gasteiger partial charge in [-0.05, 0) is 31.4 Å². The lowest BCUT2D eigenvalue weighted by molar-refractivity contribution is 0.612. The van der Waals surface area contributed by atoms with Crippen molar-refractivity contribution < 1.29 is 0 Å². The van der Waals surface area contributed by atoms with Gasteiger partial charge in [-0.1, -0.05) is 0 Å². The Bertz CT molecular complexity index is 209. The highest BCUT2D eigenvalue weighted by molar-refractivity contribution is 7.05. The van der Waals surface area contributed by atoms with Gasteiger partial charge in [0.15, 0.2) is 0 Å². The van der Waals surface area contributed by atoms with E-state index in [0.717, 1.165) is 5.69 Å². The molecule has 0 spiro atoms. The maximum absolute atomic E-state index is 5.24. The average molecular weight is 157 g/mol. The lowest BCUT2D eigenvalue weighted by Gasteiger charge is -2.03. The zero-order chi connectivity index (χ0) is 7.56. The molecule has 0 aliphatic rings. The second-order valence-corrected chi connectivity index (χ2v) is 3.10. The van der Waals surface area contributed by atoms with Gasteiger partial charge in [-0.2, -0.15) is 4.37 Å². The lowest BCUT2D eigenvalue weighted by atomic mass is 10.3. The zero-order valence-corrected chi connectivity index (χ0v) is 6.90. The van der Waals surface area contributed by atoms with Crippen LogP contribution in [0.1, 0.15) is 23.5 Å². The Morgan fingerprint density at radius 1 is 1.80 bits per heavy atom. The fourth-order valence-corrected chi connectivity index (χ4v) is 1.42. The fraction of sp³-hybridized carbons (Fsp3) is 0.500. The predicted molar refractivity (Wildman–Crippen MR) is 42.6 cm³/mol. The molecule has 0 aliphatic heterocycles. The number of hydrogen-bond donors (Lipinski definition) is 2. The summed E-state index contributed by atoms with van der Waals surface area (Å²) in [6.07, 6.45) is 0. The zero-order valence-electron chi connectivity index (χ0n) is 6.09. The van der Waals surface area contributed by atoms with E-state index < -0.39 is 0 Å². The molecule has 4 heteroatoms. The summed E-state index contributed by atoms with van der Waals surface area (Å²) in [5.41, 5.74) is 3.72.